The zero-order chi connectivity index (χ0) is 11.1. The first-order valence-electron chi connectivity index (χ1n) is 5.08. The van der Waals surface area contributed by atoms with E-state index in [0.717, 1.165) is 18.7 Å². The smallest absolute Gasteiger partial charge is 0.0833 e. The van der Waals surface area contributed by atoms with E-state index in [9.17, 15) is 5.11 Å². The van der Waals surface area contributed by atoms with Crippen molar-refractivity contribution in [2.75, 3.05) is 25.1 Å². The fourth-order valence-corrected chi connectivity index (χ4v) is 2.82. The van der Waals surface area contributed by atoms with Crippen LogP contribution in [0.2, 0.25) is 0 Å². The van der Waals surface area contributed by atoms with Crippen molar-refractivity contribution in [3.63, 3.8) is 0 Å². The number of rotatable bonds is 7. The first kappa shape index (κ1) is 13.0. The summed E-state index contributed by atoms with van der Waals surface area (Å²) in [6, 6.07) is 4.22. The molecule has 0 aliphatic rings. The summed E-state index contributed by atoms with van der Waals surface area (Å²) in [5, 5.41) is 15.3. The van der Waals surface area contributed by atoms with Crippen molar-refractivity contribution in [2.24, 2.45) is 0 Å². The molecule has 1 atom stereocenters. The van der Waals surface area contributed by atoms with E-state index in [2.05, 4.69) is 22.8 Å². The average Bonchev–Trinajstić information content (AvgIpc) is 2.65. The minimum absolute atomic E-state index is 0.588. The van der Waals surface area contributed by atoms with Gasteiger partial charge in [0.05, 0.1) is 5.60 Å². The summed E-state index contributed by atoms with van der Waals surface area (Å²) < 4.78 is 0. The fourth-order valence-electron chi connectivity index (χ4n) is 1.39. The molecule has 2 nitrogen and oxygen atoms in total. The Bertz CT molecular complexity index is 260. The molecular weight excluding hydrogens is 226 g/mol. The first-order chi connectivity index (χ1) is 7.14. The van der Waals surface area contributed by atoms with E-state index in [4.69, 9.17) is 0 Å². The minimum Gasteiger partial charge on any atom is -0.388 e. The van der Waals surface area contributed by atoms with Crippen LogP contribution in [0.25, 0.3) is 0 Å². The highest BCUT2D eigenvalue weighted by molar-refractivity contribution is 7.98. The van der Waals surface area contributed by atoms with Gasteiger partial charge in [-0.25, -0.2) is 0 Å². The Labute approximate surface area is 100 Å². The van der Waals surface area contributed by atoms with Crippen molar-refractivity contribution >= 4 is 23.1 Å². The van der Waals surface area contributed by atoms with Gasteiger partial charge in [0, 0.05) is 23.7 Å². The van der Waals surface area contributed by atoms with Gasteiger partial charge in [0.1, 0.15) is 0 Å². The standard InChI is InChI=1S/C11H19NOS2/c1-11(13,9-14-2)8-12-6-5-10-4-3-7-15-10/h3-4,7,12-13H,5-6,8-9H2,1-2H3. The van der Waals surface area contributed by atoms with Gasteiger partial charge >= 0.3 is 0 Å². The van der Waals surface area contributed by atoms with Crippen LogP contribution >= 0.6 is 23.1 Å². The van der Waals surface area contributed by atoms with Crippen LogP contribution in [0.15, 0.2) is 17.5 Å². The first-order valence-corrected chi connectivity index (χ1v) is 7.36. The van der Waals surface area contributed by atoms with Gasteiger partial charge in [0.2, 0.25) is 0 Å². The molecule has 0 bridgehead atoms. The zero-order valence-corrected chi connectivity index (χ0v) is 11.0. The van der Waals surface area contributed by atoms with Crippen LogP contribution in [0.4, 0.5) is 0 Å². The number of nitrogens with one attached hydrogen (secondary N) is 1. The van der Waals surface area contributed by atoms with Crippen molar-refractivity contribution in [1.29, 1.82) is 0 Å². The van der Waals surface area contributed by atoms with Crippen molar-refractivity contribution < 1.29 is 5.11 Å². The molecule has 1 aromatic heterocycles. The molecular formula is C11H19NOS2. The highest BCUT2D eigenvalue weighted by atomic mass is 32.2. The third kappa shape index (κ3) is 5.56. The lowest BCUT2D eigenvalue weighted by atomic mass is 10.1. The summed E-state index contributed by atoms with van der Waals surface area (Å²) >= 11 is 3.46. The Balaban J connectivity index is 2.11. The number of hydrogen-bond donors (Lipinski definition) is 2. The minimum atomic E-state index is -0.588. The van der Waals surface area contributed by atoms with Gasteiger partial charge in [-0.15, -0.1) is 11.3 Å². The van der Waals surface area contributed by atoms with Crippen molar-refractivity contribution in [3.05, 3.63) is 22.4 Å². The SMILES string of the molecule is CSCC(C)(O)CNCCc1cccs1. The lowest BCUT2D eigenvalue weighted by Gasteiger charge is -2.22. The van der Waals surface area contributed by atoms with Gasteiger partial charge in [-0.1, -0.05) is 6.07 Å². The molecule has 86 valence electrons. The lowest BCUT2D eigenvalue weighted by molar-refractivity contribution is 0.0852. The highest BCUT2D eigenvalue weighted by Gasteiger charge is 2.18. The third-order valence-electron chi connectivity index (χ3n) is 2.09. The number of thioether (sulfide) groups is 1. The van der Waals surface area contributed by atoms with Gasteiger partial charge in [-0.3, -0.25) is 0 Å². The average molecular weight is 245 g/mol. The number of hydrogen-bond acceptors (Lipinski definition) is 4. The van der Waals surface area contributed by atoms with E-state index in [1.807, 2.05) is 13.2 Å². The molecule has 1 heterocycles. The lowest BCUT2D eigenvalue weighted by Crippen LogP contribution is -2.40. The van der Waals surface area contributed by atoms with Crippen LogP contribution in [-0.4, -0.2) is 35.8 Å². The summed E-state index contributed by atoms with van der Waals surface area (Å²) in [7, 11) is 0. The van der Waals surface area contributed by atoms with Crippen molar-refractivity contribution in [3.8, 4) is 0 Å². The predicted octanol–water partition coefficient (Wildman–Crippen LogP) is 1.99. The zero-order valence-electron chi connectivity index (χ0n) is 9.32. The van der Waals surface area contributed by atoms with Gasteiger partial charge < -0.3 is 10.4 Å². The van der Waals surface area contributed by atoms with Gasteiger partial charge in [0.15, 0.2) is 0 Å². The van der Waals surface area contributed by atoms with Crippen LogP contribution in [0.1, 0.15) is 11.8 Å². The highest BCUT2D eigenvalue weighted by Crippen LogP contribution is 2.10. The van der Waals surface area contributed by atoms with E-state index in [1.165, 1.54) is 4.88 Å². The molecule has 0 aliphatic heterocycles. The summed E-state index contributed by atoms with van der Waals surface area (Å²) in [5.41, 5.74) is -0.588. The third-order valence-corrected chi connectivity index (χ3v) is 3.94. The van der Waals surface area contributed by atoms with E-state index in [-0.39, 0.29) is 0 Å². The van der Waals surface area contributed by atoms with E-state index in [0.29, 0.717) is 6.54 Å². The molecule has 0 saturated carbocycles. The Hall–Kier alpha value is -0.0300. The van der Waals surface area contributed by atoms with E-state index < -0.39 is 5.60 Å². The summed E-state index contributed by atoms with van der Waals surface area (Å²) in [6.45, 7) is 3.48. The van der Waals surface area contributed by atoms with Crippen LogP contribution in [-0.2, 0) is 6.42 Å². The molecule has 4 heteroatoms. The molecule has 0 saturated heterocycles. The maximum atomic E-state index is 9.89. The van der Waals surface area contributed by atoms with E-state index >= 15 is 0 Å². The summed E-state index contributed by atoms with van der Waals surface area (Å²) in [5.74, 6) is 0.777. The predicted molar refractivity (Wildman–Crippen MR) is 69.9 cm³/mol. The Morgan fingerprint density at radius 2 is 2.40 bits per heavy atom. The molecule has 0 aromatic carbocycles. The second-order valence-electron chi connectivity index (χ2n) is 3.94. The molecule has 1 unspecified atom stereocenters. The van der Waals surface area contributed by atoms with Crippen molar-refractivity contribution in [1.82, 2.24) is 5.32 Å². The van der Waals surface area contributed by atoms with Crippen LogP contribution in [0, 0.1) is 0 Å². The second kappa shape index (κ2) is 6.53. The van der Waals surface area contributed by atoms with Crippen molar-refractivity contribution in [2.45, 2.75) is 18.9 Å². The summed E-state index contributed by atoms with van der Waals surface area (Å²) in [6.07, 6.45) is 3.06. The van der Waals surface area contributed by atoms with Crippen LogP contribution in [0.3, 0.4) is 0 Å². The van der Waals surface area contributed by atoms with Crippen LogP contribution < -0.4 is 5.32 Å². The molecule has 1 aromatic rings. The van der Waals surface area contributed by atoms with Crippen LogP contribution in [0.5, 0.6) is 0 Å². The maximum Gasteiger partial charge on any atom is 0.0833 e. The molecule has 0 amide bonds. The maximum absolute atomic E-state index is 9.89. The van der Waals surface area contributed by atoms with E-state index in [1.54, 1.807) is 23.1 Å². The number of aliphatic hydroxyl groups is 1. The van der Waals surface area contributed by atoms with Gasteiger partial charge in [-0.05, 0) is 31.0 Å². The molecule has 0 radical (unpaired) electrons. The Morgan fingerprint density at radius 3 is 3.00 bits per heavy atom. The van der Waals surface area contributed by atoms with Gasteiger partial charge in [-0.2, -0.15) is 11.8 Å². The molecule has 1 rings (SSSR count). The fraction of sp³-hybridized carbons (Fsp3) is 0.636. The molecule has 0 fully saturated rings. The molecule has 2 N–H and O–H groups in total. The Kier molecular flexibility index (Phi) is 5.68. The Morgan fingerprint density at radius 1 is 1.60 bits per heavy atom. The topological polar surface area (TPSA) is 32.3 Å². The molecule has 0 spiro atoms. The normalized spacial score (nSPS) is 15.1. The monoisotopic (exact) mass is 245 g/mol. The van der Waals surface area contributed by atoms with Gasteiger partial charge in [0.25, 0.3) is 0 Å². The largest absolute Gasteiger partial charge is 0.388 e. The molecule has 15 heavy (non-hydrogen) atoms. The second-order valence-corrected chi connectivity index (χ2v) is 5.83. The summed E-state index contributed by atoms with van der Waals surface area (Å²) in [4.78, 5) is 1.40. The number of thiophene rings is 1. The quantitative estimate of drug-likeness (QED) is 0.721. The molecule has 0 aliphatic carbocycles.